The van der Waals surface area contributed by atoms with Gasteiger partial charge in [0.15, 0.2) is 0 Å². The second-order valence-corrected chi connectivity index (χ2v) is 6.08. The molecule has 1 aromatic heterocycles. The fourth-order valence-electron chi connectivity index (χ4n) is 2.84. The Hall–Kier alpha value is -3.15. The van der Waals surface area contributed by atoms with Crippen molar-refractivity contribution in [1.82, 2.24) is 4.98 Å². The molecular weight excluding hydrogens is 330 g/mol. The van der Waals surface area contributed by atoms with Crippen molar-refractivity contribution < 1.29 is 14.3 Å². The fraction of sp³-hybridized carbons (Fsp3) is 0.250. The zero-order valence-electron chi connectivity index (χ0n) is 14.6. The Labute approximate surface area is 152 Å². The minimum Gasteiger partial charge on any atom is -0.494 e. The van der Waals surface area contributed by atoms with Gasteiger partial charge < -0.3 is 15.4 Å². The molecule has 1 aliphatic carbocycles. The van der Waals surface area contributed by atoms with Gasteiger partial charge in [-0.3, -0.25) is 14.6 Å². The molecule has 0 saturated carbocycles. The number of benzene rings is 1. The van der Waals surface area contributed by atoms with Gasteiger partial charge >= 0.3 is 0 Å². The third-order valence-electron chi connectivity index (χ3n) is 4.28. The van der Waals surface area contributed by atoms with Gasteiger partial charge in [-0.25, -0.2) is 0 Å². The number of anilines is 2. The van der Waals surface area contributed by atoms with E-state index < -0.39 is 0 Å². The second kappa shape index (κ2) is 8.29. The van der Waals surface area contributed by atoms with E-state index in [1.165, 1.54) is 13.3 Å². The summed E-state index contributed by atoms with van der Waals surface area (Å²) in [5, 5.41) is 5.72. The summed E-state index contributed by atoms with van der Waals surface area (Å²) in [6, 6.07) is 8.55. The number of hydrogen-bond donors (Lipinski definition) is 2. The lowest BCUT2D eigenvalue weighted by molar-refractivity contribution is -0.120. The van der Waals surface area contributed by atoms with Crippen molar-refractivity contribution in [2.45, 2.75) is 19.3 Å². The lowest BCUT2D eigenvalue weighted by Crippen LogP contribution is -2.23. The second-order valence-electron chi connectivity index (χ2n) is 6.08. The Balaban J connectivity index is 1.70. The maximum absolute atomic E-state index is 12.4. The number of hydrogen-bond acceptors (Lipinski definition) is 4. The van der Waals surface area contributed by atoms with Crippen molar-refractivity contribution in [2.75, 3.05) is 17.7 Å². The topological polar surface area (TPSA) is 80.3 Å². The monoisotopic (exact) mass is 351 g/mol. The molecule has 6 nitrogen and oxygen atoms in total. The van der Waals surface area contributed by atoms with Crippen LogP contribution in [0.3, 0.4) is 0 Å². The molecule has 0 radical (unpaired) electrons. The molecule has 3 rings (SSSR count). The molecular formula is C20H21N3O3. The van der Waals surface area contributed by atoms with Crippen molar-refractivity contribution in [3.8, 4) is 5.75 Å². The summed E-state index contributed by atoms with van der Waals surface area (Å²) < 4.78 is 5.36. The largest absolute Gasteiger partial charge is 0.494 e. The first-order valence-corrected chi connectivity index (χ1v) is 8.52. The molecule has 134 valence electrons. The smallest absolute Gasteiger partial charge is 0.257 e. The number of aromatic nitrogens is 1. The molecule has 0 fully saturated rings. The average Bonchev–Trinajstić information content (AvgIpc) is 2.70. The van der Waals surface area contributed by atoms with Crippen LogP contribution in [0.1, 0.15) is 29.6 Å². The van der Waals surface area contributed by atoms with E-state index in [2.05, 4.69) is 21.7 Å². The molecule has 2 amide bonds. The summed E-state index contributed by atoms with van der Waals surface area (Å²) in [5.74, 6) is 0.199. The minimum absolute atomic E-state index is 0.00329. The molecule has 1 heterocycles. The normalized spacial score (nSPS) is 16.0. The highest BCUT2D eigenvalue weighted by molar-refractivity contribution is 6.05. The molecule has 0 bridgehead atoms. The highest BCUT2D eigenvalue weighted by Crippen LogP contribution is 2.29. The zero-order valence-corrected chi connectivity index (χ0v) is 14.6. The van der Waals surface area contributed by atoms with Gasteiger partial charge in [0.2, 0.25) is 5.91 Å². The van der Waals surface area contributed by atoms with Gasteiger partial charge in [-0.05, 0) is 43.5 Å². The number of nitrogens with zero attached hydrogens (tertiary/aromatic N) is 1. The highest BCUT2D eigenvalue weighted by Gasteiger charge is 2.19. The van der Waals surface area contributed by atoms with Crippen LogP contribution in [-0.4, -0.2) is 23.9 Å². The molecule has 0 spiro atoms. The van der Waals surface area contributed by atoms with Crippen LogP contribution < -0.4 is 15.4 Å². The Bertz CT molecular complexity index is 818. The van der Waals surface area contributed by atoms with Crippen LogP contribution >= 0.6 is 0 Å². The number of allylic oxidation sites excluding steroid dienone is 2. The van der Waals surface area contributed by atoms with Gasteiger partial charge in [0.25, 0.3) is 5.91 Å². The van der Waals surface area contributed by atoms with E-state index in [0.717, 1.165) is 19.3 Å². The van der Waals surface area contributed by atoms with Crippen molar-refractivity contribution >= 4 is 23.2 Å². The van der Waals surface area contributed by atoms with Crippen LogP contribution in [-0.2, 0) is 4.79 Å². The molecule has 6 heteroatoms. The maximum Gasteiger partial charge on any atom is 0.257 e. The van der Waals surface area contributed by atoms with Crippen molar-refractivity contribution in [3.05, 3.63) is 60.4 Å². The molecule has 2 aromatic rings. The Morgan fingerprint density at radius 3 is 2.77 bits per heavy atom. The van der Waals surface area contributed by atoms with Gasteiger partial charge in [0.1, 0.15) is 5.75 Å². The predicted molar refractivity (Wildman–Crippen MR) is 100 cm³/mol. The highest BCUT2D eigenvalue weighted by atomic mass is 16.5. The molecule has 1 aromatic carbocycles. The molecule has 26 heavy (non-hydrogen) atoms. The van der Waals surface area contributed by atoms with Gasteiger partial charge in [0, 0.05) is 30.1 Å². The average molecular weight is 351 g/mol. The van der Waals surface area contributed by atoms with E-state index in [-0.39, 0.29) is 17.7 Å². The number of rotatable bonds is 5. The maximum atomic E-state index is 12.4. The number of ether oxygens (including phenoxy) is 1. The molecule has 1 aliphatic rings. The third-order valence-corrected chi connectivity index (χ3v) is 4.28. The number of nitrogens with one attached hydrogen (secondary N) is 2. The van der Waals surface area contributed by atoms with Crippen molar-refractivity contribution in [1.29, 1.82) is 0 Å². The van der Waals surface area contributed by atoms with E-state index in [1.807, 2.05) is 6.08 Å². The van der Waals surface area contributed by atoms with Crippen LogP contribution in [0.5, 0.6) is 5.75 Å². The quantitative estimate of drug-likeness (QED) is 0.806. The summed E-state index contributed by atoms with van der Waals surface area (Å²) in [7, 11) is 1.52. The number of carbonyl (C=O) groups excluding carboxylic acids is 2. The van der Waals surface area contributed by atoms with Crippen LogP contribution in [0.25, 0.3) is 0 Å². The van der Waals surface area contributed by atoms with E-state index in [4.69, 9.17) is 4.74 Å². The van der Waals surface area contributed by atoms with Crippen molar-refractivity contribution in [3.63, 3.8) is 0 Å². The summed E-state index contributed by atoms with van der Waals surface area (Å²) in [4.78, 5) is 28.6. The van der Waals surface area contributed by atoms with Crippen molar-refractivity contribution in [2.24, 2.45) is 5.92 Å². The Kier molecular flexibility index (Phi) is 5.63. The number of amides is 2. The standard InChI is InChI=1S/C20H21N3O3/c1-26-18-12-16(22-19(24)14-6-3-2-4-7-14)9-10-17(18)23-20(25)15-8-5-11-21-13-15/h2-3,5,8-14H,4,6-7H2,1H3,(H,22,24)(H,23,25). The minimum atomic E-state index is -0.276. The van der Waals surface area contributed by atoms with E-state index in [0.29, 0.717) is 22.7 Å². The van der Waals surface area contributed by atoms with Crippen LogP contribution in [0.2, 0.25) is 0 Å². The van der Waals surface area contributed by atoms with E-state index >= 15 is 0 Å². The third kappa shape index (κ3) is 4.27. The van der Waals surface area contributed by atoms with Crippen LogP contribution in [0.4, 0.5) is 11.4 Å². The molecule has 1 atom stereocenters. The zero-order chi connectivity index (χ0) is 18.4. The summed E-state index contributed by atoms with van der Waals surface area (Å²) in [5.41, 5.74) is 1.62. The van der Waals surface area contributed by atoms with Gasteiger partial charge in [-0.15, -0.1) is 0 Å². The van der Waals surface area contributed by atoms with E-state index in [1.54, 1.807) is 36.5 Å². The van der Waals surface area contributed by atoms with Crippen LogP contribution in [0, 0.1) is 5.92 Å². The molecule has 0 saturated heterocycles. The van der Waals surface area contributed by atoms with Crippen LogP contribution in [0.15, 0.2) is 54.9 Å². The summed E-state index contributed by atoms with van der Waals surface area (Å²) >= 11 is 0. The molecule has 1 unspecified atom stereocenters. The molecule has 2 N–H and O–H groups in total. The number of carbonyl (C=O) groups is 2. The molecule has 0 aliphatic heterocycles. The number of pyridine rings is 1. The SMILES string of the molecule is COc1cc(NC(=O)C2CC=CCC2)ccc1NC(=O)c1cccnc1. The van der Waals surface area contributed by atoms with Gasteiger partial charge in [0.05, 0.1) is 18.4 Å². The lowest BCUT2D eigenvalue weighted by Gasteiger charge is -2.18. The summed E-state index contributed by atoms with van der Waals surface area (Å²) in [6.45, 7) is 0. The fourth-order valence-corrected chi connectivity index (χ4v) is 2.84. The number of methoxy groups -OCH3 is 1. The Morgan fingerprint density at radius 1 is 1.19 bits per heavy atom. The predicted octanol–water partition coefficient (Wildman–Crippen LogP) is 3.64. The van der Waals surface area contributed by atoms with Gasteiger partial charge in [-0.1, -0.05) is 12.2 Å². The summed E-state index contributed by atoms with van der Waals surface area (Å²) in [6.07, 6.45) is 9.81. The van der Waals surface area contributed by atoms with E-state index in [9.17, 15) is 9.59 Å². The Morgan fingerprint density at radius 2 is 2.08 bits per heavy atom. The lowest BCUT2D eigenvalue weighted by atomic mass is 9.93. The first-order chi connectivity index (χ1) is 12.7. The van der Waals surface area contributed by atoms with Gasteiger partial charge in [-0.2, -0.15) is 0 Å². The first kappa shape index (κ1) is 17.7. The first-order valence-electron chi connectivity index (χ1n) is 8.52.